The topological polar surface area (TPSA) is 173 Å². The summed E-state index contributed by atoms with van der Waals surface area (Å²) in [5.41, 5.74) is 37.3. The van der Waals surface area contributed by atoms with E-state index in [2.05, 4.69) is 335 Å². The summed E-state index contributed by atoms with van der Waals surface area (Å²) in [6.45, 7) is 0. The third-order valence-electron chi connectivity index (χ3n) is 27.5. The molecule has 0 unspecified atom stereocenters. The Balaban J connectivity index is 0.000000112. The number of hydrogen-bond donors (Lipinski definition) is 0. The zero-order valence-electron chi connectivity index (χ0n) is 76.2. The van der Waals surface area contributed by atoms with Gasteiger partial charge < -0.3 is 27.0 Å². The van der Waals surface area contributed by atoms with E-state index in [0.29, 0.717) is 27.8 Å². The van der Waals surface area contributed by atoms with Gasteiger partial charge in [-0.05, 0) is 319 Å². The van der Waals surface area contributed by atoms with Crippen molar-refractivity contribution < 1.29 is 13.3 Å². The third kappa shape index (κ3) is 14.9. The SMILES string of the molecule is N#Cc1ccc(-c2cccc(-c3cc(-c4ccc5oc6ccccc6c5c4)cc(-n4c5ccccc5c5ccccc54)c3)c2)cc1.N#Cc1ccc2c(c1)c1ccccc1n2-c1cc(-c2cccc(-c3ccccc3C#N)c2)cc(-c2ccc3oc4ccccc4c3c2)c1.N#Cc1cccc(-c2cccc(-c3cc(-c4ccc5oc6ccccc6c5c4)cc(-n4c5ccccc5c5cc(C#N)ccc54)c3)c2)c1. The molecule has 0 amide bonds. The van der Waals surface area contributed by atoms with Crippen LogP contribution in [0.5, 0.6) is 0 Å². The Kier molecular flexibility index (Phi) is 20.6. The lowest BCUT2D eigenvalue weighted by atomic mass is 9.93. The number of para-hydroxylation sites is 7. The third-order valence-corrected chi connectivity index (χ3v) is 27.5. The largest absolute Gasteiger partial charge is 0.456 e. The smallest absolute Gasteiger partial charge is 0.135 e. The molecular weight excluding hydrogens is 1730 g/mol. The van der Waals surface area contributed by atoms with Crippen LogP contribution < -0.4 is 0 Å². The van der Waals surface area contributed by atoms with E-state index in [0.717, 1.165) is 227 Å². The Morgan fingerprint density at radius 3 is 0.789 bits per heavy atom. The van der Waals surface area contributed by atoms with Gasteiger partial charge in [-0.3, -0.25) is 0 Å². The van der Waals surface area contributed by atoms with Crippen LogP contribution in [0.1, 0.15) is 27.8 Å². The number of aromatic nitrogens is 3. The summed E-state index contributed by atoms with van der Waals surface area (Å²) in [5, 5.41) is 61.3. The average molecular weight is 1810 g/mol. The fourth-order valence-corrected chi connectivity index (χ4v) is 20.7. The second-order valence-corrected chi connectivity index (χ2v) is 35.8. The van der Waals surface area contributed by atoms with Crippen LogP contribution in [0, 0.1) is 56.7 Å². The molecular formula is C131H76N8O3. The number of hydrogen-bond acceptors (Lipinski definition) is 8. The number of rotatable bonds is 12. The Morgan fingerprint density at radius 1 is 0.148 bits per heavy atom. The zero-order chi connectivity index (χ0) is 95.0. The lowest BCUT2D eigenvalue weighted by Gasteiger charge is -2.15. The first kappa shape index (κ1) is 83.7. The molecule has 27 aromatic rings. The van der Waals surface area contributed by atoms with E-state index < -0.39 is 0 Å². The number of nitrogens with zero attached hydrogens (tertiary/aromatic N) is 8. The molecule has 21 aromatic carbocycles. The fraction of sp³-hybridized carbons (Fsp3) is 0. The Hall–Kier alpha value is -20.1. The fourth-order valence-electron chi connectivity index (χ4n) is 20.7. The molecule has 658 valence electrons. The summed E-state index contributed by atoms with van der Waals surface area (Å²) in [6, 6.07) is 170. The molecule has 11 heteroatoms. The van der Waals surface area contributed by atoms with Gasteiger partial charge in [0.05, 0.1) is 91.3 Å². The van der Waals surface area contributed by atoms with Crippen LogP contribution in [-0.2, 0) is 0 Å². The van der Waals surface area contributed by atoms with Crippen molar-refractivity contribution in [3.05, 3.63) is 489 Å². The molecule has 0 aliphatic carbocycles. The Bertz CT molecular complexity index is 10100. The van der Waals surface area contributed by atoms with Crippen molar-refractivity contribution in [2.24, 2.45) is 0 Å². The predicted molar refractivity (Wildman–Crippen MR) is 577 cm³/mol. The molecule has 0 saturated heterocycles. The van der Waals surface area contributed by atoms with Crippen LogP contribution in [0.15, 0.2) is 474 Å². The molecule has 6 aromatic heterocycles. The minimum atomic E-state index is 0.634. The van der Waals surface area contributed by atoms with Crippen molar-refractivity contribution in [3.63, 3.8) is 0 Å². The second kappa shape index (κ2) is 35.0. The van der Waals surface area contributed by atoms with Crippen molar-refractivity contribution in [1.82, 2.24) is 13.7 Å². The minimum Gasteiger partial charge on any atom is -0.456 e. The van der Waals surface area contributed by atoms with Crippen LogP contribution in [0.4, 0.5) is 0 Å². The lowest BCUT2D eigenvalue weighted by molar-refractivity contribution is 0.668. The van der Waals surface area contributed by atoms with Crippen molar-refractivity contribution in [1.29, 1.82) is 26.3 Å². The summed E-state index contributed by atoms with van der Waals surface area (Å²) >= 11 is 0. The molecule has 0 aliphatic heterocycles. The van der Waals surface area contributed by atoms with Crippen molar-refractivity contribution in [2.75, 3.05) is 0 Å². The first-order valence-corrected chi connectivity index (χ1v) is 47.0. The molecule has 142 heavy (non-hydrogen) atoms. The lowest BCUT2D eigenvalue weighted by Crippen LogP contribution is -1.96. The first-order valence-electron chi connectivity index (χ1n) is 47.0. The van der Waals surface area contributed by atoms with E-state index in [-0.39, 0.29) is 0 Å². The highest BCUT2D eigenvalue weighted by Crippen LogP contribution is 2.46. The Morgan fingerprint density at radius 2 is 0.408 bits per heavy atom. The molecule has 0 spiro atoms. The van der Waals surface area contributed by atoms with Gasteiger partial charge in [-0.25, -0.2) is 0 Å². The highest BCUT2D eigenvalue weighted by Gasteiger charge is 2.23. The van der Waals surface area contributed by atoms with Crippen LogP contribution in [0.3, 0.4) is 0 Å². The van der Waals surface area contributed by atoms with Gasteiger partial charge in [-0.1, -0.05) is 243 Å². The number of nitriles is 5. The van der Waals surface area contributed by atoms with Crippen LogP contribution >= 0.6 is 0 Å². The van der Waals surface area contributed by atoms with Crippen LogP contribution in [0.25, 0.3) is 248 Å². The minimum absolute atomic E-state index is 0.634. The molecule has 0 fully saturated rings. The summed E-state index contributed by atoms with van der Waals surface area (Å²) < 4.78 is 25.5. The van der Waals surface area contributed by atoms with E-state index in [1.807, 2.05) is 170 Å². The highest BCUT2D eigenvalue weighted by atomic mass is 16.3. The van der Waals surface area contributed by atoms with Gasteiger partial charge in [-0.15, -0.1) is 0 Å². The first-order chi connectivity index (χ1) is 70.1. The van der Waals surface area contributed by atoms with E-state index in [1.165, 1.54) is 21.8 Å². The summed E-state index contributed by atoms with van der Waals surface area (Å²) in [5.74, 6) is 0. The monoisotopic (exact) mass is 1810 g/mol. The van der Waals surface area contributed by atoms with Gasteiger partial charge in [0.1, 0.15) is 33.5 Å². The maximum atomic E-state index is 9.83. The van der Waals surface area contributed by atoms with Gasteiger partial charge in [0.15, 0.2) is 0 Å². The summed E-state index contributed by atoms with van der Waals surface area (Å²) in [7, 11) is 0. The standard InChI is InChI=1S/2C44H25N3O.C43H26N2O/c45-26-28-7-5-8-30(19-28)31-9-6-10-32(21-31)34-22-35(33-16-18-44-40(25-33)38-12-2-4-14-43(38)48-44)24-36(23-34)47-41-13-3-1-11-37(41)39-20-29(27-46)15-17-42(39)47;45-26-28-16-18-42-39(20-28)37-12-3-5-14-41(37)47(42)35-23-33(29-9-7-10-31(21-29)36-11-2-1-8-32(36)27-46)22-34(24-35)30-17-19-44-40(25-30)38-13-4-6-15-43(38)48-44;44-27-28-16-18-29(19-17-28)30-8-7-9-31(22-30)33-23-34(32-20-21-43-39(26-32)38-12-3-6-15-42(38)46-43)25-35(24-33)45-40-13-4-1-10-36(40)37-11-2-5-14-41(37)45/h2*1-25H;1-26H. The van der Waals surface area contributed by atoms with Crippen LogP contribution in [-0.4, -0.2) is 13.7 Å². The van der Waals surface area contributed by atoms with Crippen LogP contribution in [0.2, 0.25) is 0 Å². The van der Waals surface area contributed by atoms with E-state index >= 15 is 0 Å². The summed E-state index contributed by atoms with van der Waals surface area (Å²) in [6.07, 6.45) is 0. The van der Waals surface area contributed by atoms with Crippen molar-refractivity contribution in [2.45, 2.75) is 0 Å². The van der Waals surface area contributed by atoms with Gasteiger partial charge in [-0.2, -0.15) is 26.3 Å². The predicted octanol–water partition coefficient (Wildman–Crippen LogP) is 34.4. The molecule has 0 radical (unpaired) electrons. The van der Waals surface area contributed by atoms with E-state index in [9.17, 15) is 26.3 Å². The molecule has 6 heterocycles. The van der Waals surface area contributed by atoms with Gasteiger partial charge in [0.25, 0.3) is 0 Å². The van der Waals surface area contributed by atoms with E-state index in [4.69, 9.17) is 13.3 Å². The highest BCUT2D eigenvalue weighted by molar-refractivity contribution is 6.14. The van der Waals surface area contributed by atoms with Gasteiger partial charge >= 0.3 is 0 Å². The molecule has 0 atom stereocenters. The number of fused-ring (bicyclic) bond motifs is 18. The quantitative estimate of drug-likeness (QED) is 0.116. The van der Waals surface area contributed by atoms with E-state index in [1.54, 1.807) is 0 Å². The average Bonchev–Trinajstić information content (AvgIpc) is 1.59. The molecule has 0 saturated carbocycles. The van der Waals surface area contributed by atoms with Crippen molar-refractivity contribution in [3.8, 4) is 148 Å². The second-order valence-electron chi connectivity index (χ2n) is 35.8. The van der Waals surface area contributed by atoms with Gasteiger partial charge in [0.2, 0.25) is 0 Å². The normalized spacial score (nSPS) is 11.3. The zero-order valence-corrected chi connectivity index (χ0v) is 76.2. The molecule has 11 nitrogen and oxygen atoms in total. The maximum absolute atomic E-state index is 9.83. The van der Waals surface area contributed by atoms with Crippen molar-refractivity contribution >= 4 is 131 Å². The number of furan rings is 3. The summed E-state index contributed by atoms with van der Waals surface area (Å²) in [4.78, 5) is 0. The molecule has 0 N–H and O–H groups in total. The molecule has 0 bridgehead atoms. The number of benzene rings is 21. The maximum Gasteiger partial charge on any atom is 0.135 e. The molecule has 27 rings (SSSR count). The Labute approximate surface area is 815 Å². The van der Waals surface area contributed by atoms with Gasteiger partial charge in [0, 0.05) is 81.7 Å². The molecule has 0 aliphatic rings.